The molecule has 28 heavy (non-hydrogen) atoms. The Balaban J connectivity index is 1.43. The smallest absolute Gasteiger partial charge is 0.238 e. The quantitative estimate of drug-likeness (QED) is 0.745. The van der Waals surface area contributed by atoms with Gasteiger partial charge in [-0.05, 0) is 48.9 Å². The monoisotopic (exact) mass is 384 g/mol. The predicted molar refractivity (Wildman–Crippen MR) is 94.3 cm³/mol. The summed E-state index contributed by atoms with van der Waals surface area (Å²) in [4.78, 5) is 17.2. The number of carbonyl (C=O) groups excluding carboxylic acids is 1. The Labute approximate surface area is 158 Å². The molecule has 5 nitrogen and oxygen atoms in total. The van der Waals surface area contributed by atoms with Crippen molar-refractivity contribution in [2.75, 3.05) is 5.32 Å². The molecular formula is C20H15F3N4O. The number of hydrogen-bond donors (Lipinski definition) is 1. The van der Waals surface area contributed by atoms with Crippen molar-refractivity contribution in [3.05, 3.63) is 71.9 Å². The normalized spacial score (nSPS) is 21.5. The first-order chi connectivity index (χ1) is 13.4. The summed E-state index contributed by atoms with van der Waals surface area (Å²) in [6.07, 6.45) is 5.23. The highest BCUT2D eigenvalue weighted by molar-refractivity contribution is 6.02. The van der Waals surface area contributed by atoms with Crippen LogP contribution in [0.1, 0.15) is 25.0 Å². The van der Waals surface area contributed by atoms with Crippen LogP contribution in [0, 0.1) is 22.9 Å². The van der Waals surface area contributed by atoms with E-state index in [-0.39, 0.29) is 28.5 Å². The van der Waals surface area contributed by atoms with Gasteiger partial charge in [0.2, 0.25) is 5.91 Å². The van der Waals surface area contributed by atoms with Gasteiger partial charge in [0, 0.05) is 24.5 Å². The maximum Gasteiger partial charge on any atom is 0.238 e. The molecule has 5 rings (SSSR count). The maximum absolute atomic E-state index is 14.4. The van der Waals surface area contributed by atoms with E-state index in [9.17, 15) is 18.0 Å². The predicted octanol–water partition coefficient (Wildman–Crippen LogP) is 3.75. The van der Waals surface area contributed by atoms with Crippen LogP contribution in [-0.2, 0) is 10.2 Å². The average Bonchev–Trinajstić information content (AvgIpc) is 3.51. The van der Waals surface area contributed by atoms with Gasteiger partial charge in [0.25, 0.3) is 0 Å². The lowest BCUT2D eigenvalue weighted by Crippen LogP contribution is -2.32. The Morgan fingerprint density at radius 2 is 1.86 bits per heavy atom. The summed E-state index contributed by atoms with van der Waals surface area (Å²) in [5.74, 6) is -2.10. The topological polar surface area (TPSA) is 59.8 Å². The molecule has 1 aromatic carbocycles. The van der Waals surface area contributed by atoms with Gasteiger partial charge in [0.15, 0.2) is 5.82 Å². The summed E-state index contributed by atoms with van der Waals surface area (Å²) in [6, 6.07) is 7.35. The van der Waals surface area contributed by atoms with Crippen LogP contribution in [0.3, 0.4) is 0 Å². The van der Waals surface area contributed by atoms with Gasteiger partial charge < -0.3 is 5.32 Å². The second-order valence-electron chi connectivity index (χ2n) is 7.42. The first-order valence-electron chi connectivity index (χ1n) is 8.88. The lowest BCUT2D eigenvalue weighted by molar-refractivity contribution is -0.119. The van der Waals surface area contributed by atoms with E-state index in [2.05, 4.69) is 15.4 Å². The summed E-state index contributed by atoms with van der Waals surface area (Å²) >= 11 is 0. The first kappa shape index (κ1) is 17.0. The molecule has 2 aliphatic carbocycles. The van der Waals surface area contributed by atoms with Crippen LogP contribution in [0.25, 0.3) is 5.69 Å². The average molecular weight is 384 g/mol. The standard InChI is InChI=1S/C20H15F3N4O/c21-12-8-13(22)10-14(9-12)27-7-3-16(26-27)25-18(28)20(11-19(20)4-5-19)17-15(23)2-1-6-24-17/h1-3,6-10H,4-5,11H2,(H,25,26,28). The fourth-order valence-corrected chi connectivity index (χ4v) is 4.11. The van der Waals surface area contributed by atoms with Gasteiger partial charge in [-0.15, -0.1) is 0 Å². The Morgan fingerprint density at radius 3 is 2.50 bits per heavy atom. The van der Waals surface area contributed by atoms with Crippen LogP contribution in [0.2, 0.25) is 0 Å². The molecule has 2 fully saturated rings. The number of nitrogens with one attached hydrogen (secondary N) is 1. The number of halogens is 3. The Bertz CT molecular complexity index is 1090. The summed E-state index contributed by atoms with van der Waals surface area (Å²) < 4.78 is 42.5. The van der Waals surface area contributed by atoms with Crippen molar-refractivity contribution in [1.29, 1.82) is 0 Å². The van der Waals surface area contributed by atoms with Crippen molar-refractivity contribution >= 4 is 11.7 Å². The molecule has 2 aliphatic rings. The second kappa shape index (κ2) is 5.67. The molecule has 142 valence electrons. The minimum Gasteiger partial charge on any atom is -0.308 e. The number of amides is 1. The lowest BCUT2D eigenvalue weighted by Gasteiger charge is -2.16. The highest BCUT2D eigenvalue weighted by atomic mass is 19.1. The molecule has 8 heteroatoms. The molecule has 0 aliphatic heterocycles. The number of aromatic nitrogens is 3. The van der Waals surface area contributed by atoms with Crippen molar-refractivity contribution in [3.63, 3.8) is 0 Å². The van der Waals surface area contributed by atoms with Gasteiger partial charge in [-0.2, -0.15) is 5.10 Å². The fourth-order valence-electron chi connectivity index (χ4n) is 4.11. The molecule has 1 N–H and O–H groups in total. The number of anilines is 1. The van der Waals surface area contributed by atoms with Crippen molar-refractivity contribution in [1.82, 2.24) is 14.8 Å². The molecule has 0 saturated heterocycles. The van der Waals surface area contributed by atoms with Crippen LogP contribution < -0.4 is 5.32 Å². The molecule has 2 saturated carbocycles. The van der Waals surface area contributed by atoms with Crippen molar-refractivity contribution in [2.24, 2.45) is 5.41 Å². The third-order valence-electron chi connectivity index (χ3n) is 5.73. The fraction of sp³-hybridized carbons (Fsp3) is 0.250. The van der Waals surface area contributed by atoms with Crippen LogP contribution >= 0.6 is 0 Å². The number of carbonyl (C=O) groups is 1. The molecule has 2 heterocycles. The SMILES string of the molecule is O=C(Nc1ccn(-c2cc(F)cc(F)c2)n1)C1(c2ncccc2F)CC12CC2. The third kappa shape index (κ3) is 2.44. The minimum atomic E-state index is -0.993. The highest BCUT2D eigenvalue weighted by Gasteiger charge is 2.79. The molecule has 1 amide bonds. The third-order valence-corrected chi connectivity index (χ3v) is 5.73. The van der Waals surface area contributed by atoms with Gasteiger partial charge in [-0.25, -0.2) is 17.9 Å². The zero-order chi connectivity index (χ0) is 19.5. The molecule has 3 aromatic rings. The van der Waals surface area contributed by atoms with E-state index in [0.717, 1.165) is 31.0 Å². The van der Waals surface area contributed by atoms with Crippen LogP contribution in [-0.4, -0.2) is 20.7 Å². The molecule has 0 radical (unpaired) electrons. The van der Waals surface area contributed by atoms with Crippen LogP contribution in [0.4, 0.5) is 19.0 Å². The molecule has 0 bridgehead atoms. The highest BCUT2D eigenvalue weighted by Crippen LogP contribution is 2.78. The van der Waals surface area contributed by atoms with Crippen LogP contribution in [0.15, 0.2) is 48.8 Å². The number of rotatable bonds is 4. The number of hydrogen-bond acceptors (Lipinski definition) is 3. The number of pyridine rings is 1. The Kier molecular flexibility index (Phi) is 3.44. The van der Waals surface area contributed by atoms with Gasteiger partial charge in [-0.1, -0.05) is 0 Å². The second-order valence-corrected chi connectivity index (χ2v) is 7.42. The van der Waals surface area contributed by atoms with E-state index in [4.69, 9.17) is 0 Å². The first-order valence-corrected chi connectivity index (χ1v) is 8.88. The van der Waals surface area contributed by atoms with E-state index in [1.807, 2.05) is 0 Å². The van der Waals surface area contributed by atoms with E-state index in [1.165, 1.54) is 35.3 Å². The van der Waals surface area contributed by atoms with E-state index in [1.54, 1.807) is 0 Å². The van der Waals surface area contributed by atoms with E-state index < -0.39 is 22.9 Å². The summed E-state index contributed by atoms with van der Waals surface area (Å²) in [5.41, 5.74) is -0.863. The summed E-state index contributed by atoms with van der Waals surface area (Å²) in [7, 11) is 0. The molecule has 1 atom stereocenters. The number of nitrogens with zero attached hydrogens (tertiary/aromatic N) is 3. The molecular weight excluding hydrogens is 369 g/mol. The van der Waals surface area contributed by atoms with Crippen molar-refractivity contribution < 1.29 is 18.0 Å². The molecule has 1 spiro atoms. The van der Waals surface area contributed by atoms with Gasteiger partial charge in [0.05, 0.1) is 11.4 Å². The summed E-state index contributed by atoms with van der Waals surface area (Å²) in [6.45, 7) is 0. The van der Waals surface area contributed by atoms with Crippen molar-refractivity contribution in [3.8, 4) is 5.69 Å². The Morgan fingerprint density at radius 1 is 1.11 bits per heavy atom. The summed E-state index contributed by atoms with van der Waals surface area (Å²) in [5, 5.41) is 6.89. The molecule has 2 aromatic heterocycles. The van der Waals surface area contributed by atoms with Gasteiger partial charge >= 0.3 is 0 Å². The lowest BCUT2D eigenvalue weighted by atomic mass is 9.95. The van der Waals surface area contributed by atoms with Crippen LogP contribution in [0.5, 0.6) is 0 Å². The maximum atomic E-state index is 14.4. The van der Waals surface area contributed by atoms with Gasteiger partial charge in [0.1, 0.15) is 22.9 Å². The minimum absolute atomic E-state index is 0.164. The number of benzene rings is 1. The largest absolute Gasteiger partial charge is 0.308 e. The van der Waals surface area contributed by atoms with E-state index in [0.29, 0.717) is 6.42 Å². The van der Waals surface area contributed by atoms with E-state index >= 15 is 0 Å². The van der Waals surface area contributed by atoms with Gasteiger partial charge in [-0.3, -0.25) is 9.78 Å². The zero-order valence-corrected chi connectivity index (χ0v) is 14.6. The van der Waals surface area contributed by atoms with Crippen molar-refractivity contribution in [2.45, 2.75) is 24.7 Å². The zero-order valence-electron chi connectivity index (χ0n) is 14.6. The Hall–Kier alpha value is -3.16. The molecule has 1 unspecified atom stereocenters.